The van der Waals surface area contributed by atoms with Gasteiger partial charge in [0, 0.05) is 17.3 Å². The van der Waals surface area contributed by atoms with E-state index in [1.54, 1.807) is 18.3 Å². The Kier molecular flexibility index (Phi) is 2.54. The van der Waals surface area contributed by atoms with Crippen LogP contribution in [0.2, 0.25) is 0 Å². The second-order valence-corrected chi connectivity index (χ2v) is 4.86. The molecule has 0 aliphatic carbocycles. The Bertz CT molecular complexity index is 967. The Balaban J connectivity index is 2.06. The average molecular weight is 273 g/mol. The molecule has 4 aromatic rings. The van der Waals surface area contributed by atoms with Crippen LogP contribution in [0, 0.1) is 0 Å². The summed E-state index contributed by atoms with van der Waals surface area (Å²) in [5, 5.41) is 10.7. The van der Waals surface area contributed by atoms with Gasteiger partial charge in [0.1, 0.15) is 0 Å². The number of aromatic nitrogens is 3. The minimum atomic E-state index is 0.601. The van der Waals surface area contributed by atoms with Gasteiger partial charge in [0.05, 0.1) is 0 Å². The van der Waals surface area contributed by atoms with Gasteiger partial charge in [-0.25, -0.2) is 0 Å². The molecule has 0 atom stereocenters. The Morgan fingerprint density at radius 3 is 2.67 bits per heavy atom. The molecule has 0 amide bonds. The second kappa shape index (κ2) is 4.52. The number of nitrogens with zero attached hydrogens (tertiary/aromatic N) is 3. The first-order valence-electron chi connectivity index (χ1n) is 6.65. The molecule has 0 radical (unpaired) electrons. The molecule has 0 bridgehead atoms. The van der Waals surface area contributed by atoms with Gasteiger partial charge >= 0.3 is 0 Å². The largest absolute Gasteiger partial charge is 0.298 e. The Labute approximate surface area is 120 Å². The van der Waals surface area contributed by atoms with E-state index < -0.39 is 0 Å². The highest BCUT2D eigenvalue weighted by Gasteiger charge is 2.11. The van der Waals surface area contributed by atoms with Crippen LogP contribution < -0.4 is 0 Å². The molecule has 0 unspecified atom stereocenters. The fourth-order valence-corrected chi connectivity index (χ4v) is 2.58. The van der Waals surface area contributed by atoms with Crippen LogP contribution in [0.1, 0.15) is 10.4 Å². The van der Waals surface area contributed by atoms with Crippen molar-refractivity contribution in [2.45, 2.75) is 0 Å². The van der Waals surface area contributed by atoms with Crippen molar-refractivity contribution in [3.63, 3.8) is 0 Å². The number of fused-ring (bicyclic) bond motifs is 2. The minimum absolute atomic E-state index is 0.601. The Hall–Kier alpha value is -3.01. The number of benzene rings is 2. The highest BCUT2D eigenvalue weighted by Crippen LogP contribution is 2.27. The summed E-state index contributed by atoms with van der Waals surface area (Å²) >= 11 is 0. The number of carbonyl (C=O) groups is 1. The second-order valence-electron chi connectivity index (χ2n) is 4.86. The number of hydrogen-bond acceptors (Lipinski definition) is 3. The van der Waals surface area contributed by atoms with Gasteiger partial charge in [-0.05, 0) is 22.9 Å². The van der Waals surface area contributed by atoms with E-state index in [0.717, 1.165) is 34.1 Å². The number of hydrogen-bond donors (Lipinski definition) is 0. The van der Waals surface area contributed by atoms with Crippen molar-refractivity contribution in [2.24, 2.45) is 0 Å². The highest BCUT2D eigenvalue weighted by atomic mass is 16.1. The maximum atomic E-state index is 11.0. The van der Waals surface area contributed by atoms with Crippen molar-refractivity contribution < 1.29 is 4.79 Å². The van der Waals surface area contributed by atoms with Crippen LogP contribution in [-0.4, -0.2) is 20.9 Å². The molecule has 0 fully saturated rings. The zero-order valence-electron chi connectivity index (χ0n) is 11.1. The highest BCUT2D eigenvalue weighted by molar-refractivity contribution is 5.95. The summed E-state index contributed by atoms with van der Waals surface area (Å²) in [5.74, 6) is 0.741. The number of aldehydes is 1. The normalized spacial score (nSPS) is 11.0. The molecule has 100 valence electrons. The quantitative estimate of drug-likeness (QED) is 0.526. The van der Waals surface area contributed by atoms with Gasteiger partial charge < -0.3 is 0 Å². The molecule has 0 saturated heterocycles. The summed E-state index contributed by atoms with van der Waals surface area (Å²) in [6.07, 6.45) is 2.59. The van der Waals surface area contributed by atoms with Gasteiger partial charge in [0.15, 0.2) is 17.8 Å². The molecule has 2 aromatic carbocycles. The molecular weight excluding hydrogens is 262 g/mol. The molecule has 4 nitrogen and oxygen atoms in total. The van der Waals surface area contributed by atoms with Crippen LogP contribution >= 0.6 is 0 Å². The molecule has 2 aromatic heterocycles. The van der Waals surface area contributed by atoms with Crippen LogP contribution in [0.15, 0.2) is 60.8 Å². The molecule has 0 aliphatic rings. The summed E-state index contributed by atoms with van der Waals surface area (Å²) in [4.78, 5) is 11.0. The van der Waals surface area contributed by atoms with E-state index in [4.69, 9.17) is 0 Å². The number of carbonyl (C=O) groups excluding carboxylic acids is 1. The Morgan fingerprint density at radius 1 is 0.905 bits per heavy atom. The number of rotatable bonds is 2. The first-order chi connectivity index (χ1) is 10.4. The van der Waals surface area contributed by atoms with Crippen LogP contribution in [0.4, 0.5) is 0 Å². The van der Waals surface area contributed by atoms with E-state index in [1.807, 2.05) is 28.7 Å². The van der Waals surface area contributed by atoms with Crippen LogP contribution in [0.3, 0.4) is 0 Å². The monoisotopic (exact) mass is 273 g/mol. The zero-order valence-corrected chi connectivity index (χ0v) is 11.1. The molecule has 2 heterocycles. The lowest BCUT2D eigenvalue weighted by Crippen LogP contribution is -1.92. The van der Waals surface area contributed by atoms with Gasteiger partial charge in [-0.15, -0.1) is 10.2 Å². The fourth-order valence-electron chi connectivity index (χ4n) is 2.58. The molecular formula is C17H11N3O. The average Bonchev–Trinajstić information content (AvgIpc) is 2.97. The van der Waals surface area contributed by atoms with Gasteiger partial charge in [0.2, 0.25) is 0 Å². The van der Waals surface area contributed by atoms with Crippen molar-refractivity contribution in [3.8, 4) is 11.4 Å². The summed E-state index contributed by atoms with van der Waals surface area (Å²) in [5.41, 5.74) is 2.33. The predicted molar refractivity (Wildman–Crippen MR) is 81.3 cm³/mol. The molecule has 0 aliphatic heterocycles. The molecule has 0 N–H and O–H groups in total. The topological polar surface area (TPSA) is 47.3 Å². The van der Waals surface area contributed by atoms with E-state index in [2.05, 4.69) is 28.4 Å². The van der Waals surface area contributed by atoms with Crippen molar-refractivity contribution >= 4 is 22.7 Å². The summed E-state index contributed by atoms with van der Waals surface area (Å²) in [6, 6.07) is 17.8. The fraction of sp³-hybridized carbons (Fsp3) is 0. The summed E-state index contributed by atoms with van der Waals surface area (Å²) < 4.78 is 1.85. The maximum Gasteiger partial charge on any atom is 0.168 e. The van der Waals surface area contributed by atoms with Gasteiger partial charge in [-0.2, -0.15) is 0 Å². The van der Waals surface area contributed by atoms with Crippen LogP contribution in [0.25, 0.3) is 27.8 Å². The lowest BCUT2D eigenvalue weighted by atomic mass is 10.0. The standard InChI is InChI=1S/C17H11N3O/c21-11-12-8-9-16-18-19-17(20(16)10-12)15-7-3-5-13-4-1-2-6-14(13)15/h1-11H. The first kappa shape index (κ1) is 11.8. The predicted octanol–water partition coefficient (Wildman–Crippen LogP) is 3.36. The smallest absolute Gasteiger partial charge is 0.168 e. The third-order valence-electron chi connectivity index (χ3n) is 3.59. The summed E-state index contributed by atoms with van der Waals surface area (Å²) in [6.45, 7) is 0. The molecule has 4 heteroatoms. The summed E-state index contributed by atoms with van der Waals surface area (Å²) in [7, 11) is 0. The van der Waals surface area contributed by atoms with E-state index in [1.165, 1.54) is 0 Å². The minimum Gasteiger partial charge on any atom is -0.298 e. The maximum absolute atomic E-state index is 11.0. The van der Waals surface area contributed by atoms with Crippen molar-refractivity contribution in [2.75, 3.05) is 0 Å². The van der Waals surface area contributed by atoms with Crippen LogP contribution in [-0.2, 0) is 0 Å². The van der Waals surface area contributed by atoms with Crippen molar-refractivity contribution in [1.82, 2.24) is 14.6 Å². The van der Waals surface area contributed by atoms with E-state index in [0.29, 0.717) is 5.56 Å². The van der Waals surface area contributed by atoms with E-state index in [9.17, 15) is 4.79 Å². The molecule has 4 rings (SSSR count). The first-order valence-corrected chi connectivity index (χ1v) is 6.65. The lowest BCUT2D eigenvalue weighted by molar-refractivity contribution is 0.112. The van der Waals surface area contributed by atoms with Gasteiger partial charge in [-0.3, -0.25) is 9.20 Å². The van der Waals surface area contributed by atoms with Crippen LogP contribution in [0.5, 0.6) is 0 Å². The van der Waals surface area contributed by atoms with Gasteiger partial charge in [-0.1, -0.05) is 42.5 Å². The van der Waals surface area contributed by atoms with Crippen molar-refractivity contribution in [1.29, 1.82) is 0 Å². The number of pyridine rings is 1. The third-order valence-corrected chi connectivity index (χ3v) is 3.59. The van der Waals surface area contributed by atoms with Gasteiger partial charge in [0.25, 0.3) is 0 Å². The third kappa shape index (κ3) is 1.80. The Morgan fingerprint density at radius 2 is 1.76 bits per heavy atom. The lowest BCUT2D eigenvalue weighted by Gasteiger charge is -2.05. The van der Waals surface area contributed by atoms with E-state index in [-0.39, 0.29) is 0 Å². The molecule has 21 heavy (non-hydrogen) atoms. The molecule has 0 spiro atoms. The molecule has 0 saturated carbocycles. The SMILES string of the molecule is O=Cc1ccc2nnc(-c3cccc4ccccc34)n2c1. The van der Waals surface area contributed by atoms with E-state index >= 15 is 0 Å². The zero-order chi connectivity index (χ0) is 14.2. The van der Waals surface area contributed by atoms with Crippen molar-refractivity contribution in [3.05, 3.63) is 66.4 Å².